The van der Waals surface area contributed by atoms with Crippen LogP contribution in [0, 0.1) is 0 Å². The predicted molar refractivity (Wildman–Crippen MR) is 42.1 cm³/mol. The molecule has 0 aliphatic heterocycles. The lowest BCUT2D eigenvalue weighted by Crippen LogP contribution is -1.88. The van der Waals surface area contributed by atoms with E-state index in [0.717, 1.165) is 5.82 Å². The third-order valence-electron chi connectivity index (χ3n) is 1.75. The summed E-state index contributed by atoms with van der Waals surface area (Å²) >= 11 is 0. The lowest BCUT2D eigenvalue weighted by atomic mass is 9.81. The molecule has 8 heavy (non-hydrogen) atoms. The van der Waals surface area contributed by atoms with Crippen LogP contribution in [0.4, 0.5) is 0 Å². The van der Waals surface area contributed by atoms with Gasteiger partial charge in [0.05, 0.1) is 0 Å². The fraction of sp³-hybridized carbons (Fsp3) is 1.00. The van der Waals surface area contributed by atoms with Crippen molar-refractivity contribution in [2.45, 2.75) is 45.3 Å². The molecule has 0 aliphatic rings. The highest BCUT2D eigenvalue weighted by atomic mass is 13.9. The van der Waals surface area contributed by atoms with Crippen molar-refractivity contribution in [3.8, 4) is 0 Å². The van der Waals surface area contributed by atoms with Gasteiger partial charge in [0.1, 0.15) is 7.85 Å². The molecule has 0 bridgehead atoms. The van der Waals surface area contributed by atoms with E-state index in [0.29, 0.717) is 0 Å². The largest absolute Gasteiger partial charge is 0.105 e. The second-order valence-corrected chi connectivity index (χ2v) is 2.66. The molecule has 48 valence electrons. The smallest absolute Gasteiger partial charge is 0.0700 e. The average Bonchev–Trinajstić information content (AvgIpc) is 1.83. The normalized spacial score (nSPS) is 13.8. The van der Waals surface area contributed by atoms with Crippen LogP contribution < -0.4 is 0 Å². The van der Waals surface area contributed by atoms with Crippen molar-refractivity contribution >= 4 is 7.85 Å². The van der Waals surface area contributed by atoms with Gasteiger partial charge in [-0.1, -0.05) is 45.3 Å². The van der Waals surface area contributed by atoms with Gasteiger partial charge in [-0.3, -0.25) is 0 Å². The van der Waals surface area contributed by atoms with E-state index >= 15 is 0 Å². The van der Waals surface area contributed by atoms with Crippen molar-refractivity contribution in [1.82, 2.24) is 0 Å². The highest BCUT2D eigenvalue weighted by Crippen LogP contribution is 2.13. The summed E-state index contributed by atoms with van der Waals surface area (Å²) in [5.74, 6) is 0.954. The van der Waals surface area contributed by atoms with Crippen LogP contribution in [0.25, 0.3) is 0 Å². The van der Waals surface area contributed by atoms with E-state index in [4.69, 9.17) is 0 Å². The van der Waals surface area contributed by atoms with Crippen molar-refractivity contribution < 1.29 is 0 Å². The van der Waals surface area contributed by atoms with Crippen molar-refractivity contribution in [2.75, 3.05) is 0 Å². The Bertz CT molecular complexity index is 43.7. The molecule has 1 heteroatoms. The molecular weight excluding hydrogens is 94.9 g/mol. The van der Waals surface area contributed by atoms with Crippen LogP contribution in [0.15, 0.2) is 0 Å². The Morgan fingerprint density at radius 3 is 2.38 bits per heavy atom. The summed E-state index contributed by atoms with van der Waals surface area (Å²) in [7, 11) is 2.33. The summed E-state index contributed by atoms with van der Waals surface area (Å²) in [5, 5.41) is 0. The second-order valence-electron chi connectivity index (χ2n) is 2.66. The van der Waals surface area contributed by atoms with Gasteiger partial charge in [0, 0.05) is 0 Å². The molecule has 1 atom stereocenters. The zero-order chi connectivity index (χ0) is 6.41. The van der Waals surface area contributed by atoms with Crippen molar-refractivity contribution in [2.24, 2.45) is 0 Å². The van der Waals surface area contributed by atoms with Gasteiger partial charge in [0.2, 0.25) is 0 Å². The first-order chi connectivity index (χ1) is 3.81. The van der Waals surface area contributed by atoms with Crippen LogP contribution >= 0.6 is 0 Å². The van der Waals surface area contributed by atoms with Crippen LogP contribution in [0.3, 0.4) is 0 Å². The highest BCUT2D eigenvalue weighted by Gasteiger charge is 1.95. The molecule has 0 aromatic rings. The Morgan fingerprint density at radius 2 is 2.00 bits per heavy atom. The van der Waals surface area contributed by atoms with Gasteiger partial charge >= 0.3 is 0 Å². The van der Waals surface area contributed by atoms with Gasteiger partial charge in [-0.15, -0.1) is 0 Å². The third kappa shape index (κ3) is 4.23. The Kier molecular flexibility index (Phi) is 5.25. The number of hydrogen-bond acceptors (Lipinski definition) is 0. The monoisotopic (exact) mass is 112 g/mol. The quantitative estimate of drug-likeness (QED) is 0.488. The van der Waals surface area contributed by atoms with E-state index in [-0.39, 0.29) is 0 Å². The van der Waals surface area contributed by atoms with Crippen LogP contribution in [0.5, 0.6) is 0 Å². The first-order valence-electron chi connectivity index (χ1n) is 3.81. The van der Waals surface area contributed by atoms with E-state index < -0.39 is 0 Å². The third-order valence-corrected chi connectivity index (χ3v) is 1.75. The molecule has 0 aliphatic carbocycles. The fourth-order valence-electron chi connectivity index (χ4n) is 0.757. The molecule has 0 radical (unpaired) electrons. The predicted octanol–water partition coefficient (Wildman–Crippen LogP) is 2.01. The lowest BCUT2D eigenvalue weighted by Gasteiger charge is -2.04. The van der Waals surface area contributed by atoms with Crippen LogP contribution in [0.2, 0.25) is 5.82 Å². The number of hydrogen-bond donors (Lipinski definition) is 0. The summed E-state index contributed by atoms with van der Waals surface area (Å²) < 4.78 is 0. The van der Waals surface area contributed by atoms with E-state index in [9.17, 15) is 0 Å². The van der Waals surface area contributed by atoms with E-state index in [1.807, 2.05) is 0 Å². The Morgan fingerprint density at radius 1 is 1.38 bits per heavy atom. The molecule has 0 rings (SSSR count). The molecule has 0 saturated carbocycles. The summed E-state index contributed by atoms with van der Waals surface area (Å²) in [6, 6.07) is 0. The molecular formula is C7H17B. The maximum Gasteiger partial charge on any atom is 0.105 e. The van der Waals surface area contributed by atoms with Crippen LogP contribution in [0.1, 0.15) is 39.5 Å². The maximum absolute atomic E-state index is 2.33. The summed E-state index contributed by atoms with van der Waals surface area (Å²) in [4.78, 5) is 0. The zero-order valence-electron chi connectivity index (χ0n) is 6.41. The number of rotatable bonds is 4. The lowest BCUT2D eigenvalue weighted by molar-refractivity contribution is 0.655. The van der Waals surface area contributed by atoms with E-state index in [1.54, 1.807) is 0 Å². The molecule has 0 N–H and O–H groups in total. The second kappa shape index (κ2) is 5.21. The van der Waals surface area contributed by atoms with Gasteiger partial charge < -0.3 is 0 Å². The molecule has 0 spiro atoms. The maximum atomic E-state index is 2.33. The topological polar surface area (TPSA) is 0 Å². The molecule has 0 amide bonds. The first-order valence-corrected chi connectivity index (χ1v) is 3.81. The molecule has 0 aromatic carbocycles. The highest BCUT2D eigenvalue weighted by molar-refractivity contribution is 6.11. The summed E-state index contributed by atoms with van der Waals surface area (Å²) in [5.41, 5.74) is 0. The molecule has 0 aromatic heterocycles. The minimum Gasteiger partial charge on any atom is -0.0700 e. The van der Waals surface area contributed by atoms with E-state index in [1.165, 1.54) is 25.7 Å². The first kappa shape index (κ1) is 8.06. The van der Waals surface area contributed by atoms with Crippen molar-refractivity contribution in [3.05, 3.63) is 0 Å². The van der Waals surface area contributed by atoms with Gasteiger partial charge in [-0.2, -0.15) is 0 Å². The van der Waals surface area contributed by atoms with Gasteiger partial charge in [0.25, 0.3) is 0 Å². The van der Waals surface area contributed by atoms with Crippen LogP contribution in [-0.2, 0) is 0 Å². The minimum atomic E-state index is 0.954. The van der Waals surface area contributed by atoms with Crippen molar-refractivity contribution in [1.29, 1.82) is 0 Å². The van der Waals surface area contributed by atoms with Gasteiger partial charge in [-0.05, 0) is 0 Å². The molecule has 0 saturated heterocycles. The SMILES string of the molecule is BC(CC)CCCC. The van der Waals surface area contributed by atoms with E-state index in [2.05, 4.69) is 21.7 Å². The molecule has 0 fully saturated rings. The fourth-order valence-corrected chi connectivity index (χ4v) is 0.757. The van der Waals surface area contributed by atoms with Crippen LogP contribution in [-0.4, -0.2) is 7.85 Å². The molecule has 0 nitrogen and oxygen atoms in total. The number of unbranched alkanes of at least 4 members (excludes halogenated alkanes) is 1. The zero-order valence-corrected chi connectivity index (χ0v) is 6.41. The Labute approximate surface area is 54.1 Å². The molecule has 0 heterocycles. The minimum absolute atomic E-state index is 0.954. The Hall–Kier alpha value is 0.0649. The van der Waals surface area contributed by atoms with Crippen molar-refractivity contribution in [3.63, 3.8) is 0 Å². The average molecular weight is 112 g/mol. The standard InChI is InChI=1S/C7H17B/c1-3-5-6-7(8)4-2/h7H,3-6,8H2,1-2H3. The summed E-state index contributed by atoms with van der Waals surface area (Å²) in [6.45, 7) is 4.52. The Balaban J connectivity index is 2.86. The summed E-state index contributed by atoms with van der Waals surface area (Å²) in [6.07, 6.45) is 5.53. The van der Waals surface area contributed by atoms with Gasteiger partial charge in [0.15, 0.2) is 0 Å². The van der Waals surface area contributed by atoms with Gasteiger partial charge in [-0.25, -0.2) is 0 Å². The molecule has 1 unspecified atom stereocenters.